The van der Waals surface area contributed by atoms with Crippen molar-refractivity contribution in [3.8, 4) is 11.5 Å². The maximum absolute atomic E-state index is 13.3. The monoisotopic (exact) mass is 458 g/mol. The number of aliphatic hydroxyl groups excluding tert-OH is 1. The molecule has 0 radical (unpaired) electrons. The highest BCUT2D eigenvalue weighted by Gasteiger charge is 2.47. The molecule has 34 heavy (non-hydrogen) atoms. The maximum atomic E-state index is 13.3. The Kier molecular flexibility index (Phi) is 6.27. The second kappa shape index (κ2) is 9.31. The molecule has 3 aromatic carbocycles. The van der Waals surface area contributed by atoms with Crippen molar-refractivity contribution in [1.29, 1.82) is 0 Å². The Morgan fingerprint density at radius 1 is 0.882 bits per heavy atom. The number of ether oxygens (including phenoxy) is 2. The molecular formula is C27H26N2O5. The number of aliphatic hydroxyl groups is 1. The number of rotatable bonds is 6. The summed E-state index contributed by atoms with van der Waals surface area (Å²) in [5, 5.41) is 11.3. The molecule has 0 aromatic heterocycles. The summed E-state index contributed by atoms with van der Waals surface area (Å²) in [5.74, 6) is -0.844. The van der Waals surface area contributed by atoms with Crippen LogP contribution in [0.4, 0.5) is 11.4 Å². The highest BCUT2D eigenvalue weighted by Crippen LogP contribution is 2.43. The zero-order chi connectivity index (χ0) is 24.4. The maximum Gasteiger partial charge on any atom is 0.300 e. The second-order valence-electron chi connectivity index (χ2n) is 8.06. The van der Waals surface area contributed by atoms with Gasteiger partial charge in [0.15, 0.2) is 11.5 Å². The molecule has 1 aliphatic heterocycles. The van der Waals surface area contributed by atoms with Gasteiger partial charge in [0.1, 0.15) is 5.76 Å². The van der Waals surface area contributed by atoms with Crippen molar-refractivity contribution in [2.75, 3.05) is 38.1 Å². The smallest absolute Gasteiger partial charge is 0.300 e. The molecule has 1 amide bonds. The van der Waals surface area contributed by atoms with Crippen LogP contribution in [0.25, 0.3) is 5.76 Å². The number of nitrogens with zero attached hydrogens (tertiary/aromatic N) is 2. The highest BCUT2D eigenvalue weighted by molar-refractivity contribution is 6.51. The molecule has 1 fully saturated rings. The molecule has 0 aliphatic carbocycles. The number of hydrogen-bond acceptors (Lipinski definition) is 6. The second-order valence-corrected chi connectivity index (χ2v) is 8.06. The van der Waals surface area contributed by atoms with Crippen LogP contribution in [0.1, 0.15) is 17.2 Å². The van der Waals surface area contributed by atoms with Gasteiger partial charge in [-0.15, -0.1) is 0 Å². The first-order chi connectivity index (χ1) is 16.4. The van der Waals surface area contributed by atoms with Crippen LogP contribution in [-0.4, -0.2) is 45.1 Å². The lowest BCUT2D eigenvalue weighted by Crippen LogP contribution is -2.29. The average Bonchev–Trinajstić information content (AvgIpc) is 3.13. The first-order valence-corrected chi connectivity index (χ1v) is 10.7. The SMILES string of the molecule is COc1ccc(/C(O)=C2/C(=O)C(=O)N(c3ccc(N(C)C)cc3)C2c2ccccc2)cc1OC. The van der Waals surface area contributed by atoms with E-state index in [2.05, 4.69) is 0 Å². The number of carbonyl (C=O) groups excluding carboxylic acids is 2. The van der Waals surface area contributed by atoms with E-state index < -0.39 is 17.7 Å². The van der Waals surface area contributed by atoms with Crippen molar-refractivity contribution >= 4 is 28.8 Å². The van der Waals surface area contributed by atoms with Crippen molar-refractivity contribution in [3.63, 3.8) is 0 Å². The number of hydrogen-bond donors (Lipinski definition) is 1. The van der Waals surface area contributed by atoms with E-state index >= 15 is 0 Å². The van der Waals surface area contributed by atoms with E-state index in [0.29, 0.717) is 28.3 Å². The molecule has 0 saturated carbocycles. The van der Waals surface area contributed by atoms with E-state index in [0.717, 1.165) is 5.69 Å². The number of benzene rings is 3. The molecular weight excluding hydrogens is 432 g/mol. The molecule has 4 rings (SSSR count). The van der Waals surface area contributed by atoms with Crippen LogP contribution < -0.4 is 19.3 Å². The van der Waals surface area contributed by atoms with Crippen LogP contribution in [0.15, 0.2) is 78.4 Å². The third-order valence-corrected chi connectivity index (χ3v) is 5.86. The summed E-state index contributed by atoms with van der Waals surface area (Å²) in [5.41, 5.74) is 2.59. The van der Waals surface area contributed by atoms with Crippen LogP contribution in [0, 0.1) is 0 Å². The van der Waals surface area contributed by atoms with Gasteiger partial charge in [-0.25, -0.2) is 0 Å². The van der Waals surface area contributed by atoms with Crippen molar-refractivity contribution in [2.24, 2.45) is 0 Å². The fraction of sp³-hybridized carbons (Fsp3) is 0.185. The summed E-state index contributed by atoms with van der Waals surface area (Å²) in [6.07, 6.45) is 0. The molecule has 7 nitrogen and oxygen atoms in total. The molecule has 1 heterocycles. The van der Waals surface area contributed by atoms with Gasteiger partial charge in [-0.05, 0) is 48.0 Å². The molecule has 1 atom stereocenters. The summed E-state index contributed by atoms with van der Waals surface area (Å²) < 4.78 is 10.6. The molecule has 0 spiro atoms. The molecule has 3 aromatic rings. The number of anilines is 2. The zero-order valence-corrected chi connectivity index (χ0v) is 19.5. The Morgan fingerprint density at radius 3 is 2.12 bits per heavy atom. The van der Waals surface area contributed by atoms with E-state index in [9.17, 15) is 14.7 Å². The minimum Gasteiger partial charge on any atom is -0.507 e. The van der Waals surface area contributed by atoms with Gasteiger partial charge >= 0.3 is 0 Å². The van der Waals surface area contributed by atoms with Gasteiger partial charge in [0.05, 0.1) is 25.8 Å². The third kappa shape index (κ3) is 3.96. The first-order valence-electron chi connectivity index (χ1n) is 10.7. The van der Waals surface area contributed by atoms with Crippen molar-refractivity contribution in [2.45, 2.75) is 6.04 Å². The number of carbonyl (C=O) groups is 2. The Labute approximate surface area is 198 Å². The van der Waals surface area contributed by atoms with Crippen molar-refractivity contribution in [1.82, 2.24) is 0 Å². The van der Waals surface area contributed by atoms with E-state index in [-0.39, 0.29) is 11.3 Å². The van der Waals surface area contributed by atoms with Gasteiger partial charge in [-0.3, -0.25) is 14.5 Å². The quantitative estimate of drug-likeness (QED) is 0.335. The van der Waals surface area contributed by atoms with Gasteiger partial charge in [0.2, 0.25) is 0 Å². The number of ketones is 1. The predicted octanol–water partition coefficient (Wildman–Crippen LogP) is 4.40. The fourth-order valence-electron chi connectivity index (χ4n) is 4.10. The minimum absolute atomic E-state index is 0.0140. The Hall–Kier alpha value is -4.26. The van der Waals surface area contributed by atoms with Gasteiger partial charge in [-0.2, -0.15) is 0 Å². The Balaban J connectivity index is 1.89. The Bertz CT molecular complexity index is 1250. The molecule has 1 N–H and O–H groups in total. The predicted molar refractivity (Wildman–Crippen MR) is 132 cm³/mol. The highest BCUT2D eigenvalue weighted by atomic mass is 16.5. The van der Waals surface area contributed by atoms with Gasteiger partial charge in [0, 0.05) is 31.0 Å². The summed E-state index contributed by atoms with van der Waals surface area (Å²) in [7, 11) is 6.85. The summed E-state index contributed by atoms with van der Waals surface area (Å²) in [6, 6.07) is 20.6. The number of Topliss-reactive ketones (excluding diaryl/α,β-unsaturated/α-hetero) is 1. The third-order valence-electron chi connectivity index (χ3n) is 5.86. The molecule has 174 valence electrons. The van der Waals surface area contributed by atoms with Gasteiger partial charge < -0.3 is 19.5 Å². The molecule has 0 bridgehead atoms. The topological polar surface area (TPSA) is 79.3 Å². The number of amides is 1. The molecule has 7 heteroatoms. The van der Waals surface area contributed by atoms with Crippen LogP contribution in [-0.2, 0) is 9.59 Å². The van der Waals surface area contributed by atoms with Gasteiger partial charge in [0.25, 0.3) is 11.7 Å². The van der Waals surface area contributed by atoms with E-state index in [4.69, 9.17) is 9.47 Å². The zero-order valence-electron chi connectivity index (χ0n) is 19.5. The molecule has 1 unspecified atom stereocenters. The molecule has 1 aliphatic rings. The number of methoxy groups -OCH3 is 2. The largest absolute Gasteiger partial charge is 0.507 e. The standard InChI is InChI=1S/C27H26N2O5/c1-28(2)19-11-13-20(14-12-19)29-24(17-8-6-5-7-9-17)23(26(31)27(29)32)25(30)18-10-15-21(33-3)22(16-18)34-4/h5-16,24,30H,1-4H3/b25-23-. The van der Waals surface area contributed by atoms with E-state index in [1.807, 2.05) is 61.5 Å². The lowest BCUT2D eigenvalue weighted by atomic mass is 9.95. The normalized spacial score (nSPS) is 17.1. The summed E-state index contributed by atoms with van der Waals surface area (Å²) in [4.78, 5) is 29.9. The van der Waals surface area contributed by atoms with Gasteiger partial charge in [-0.1, -0.05) is 30.3 Å². The van der Waals surface area contributed by atoms with E-state index in [1.165, 1.54) is 19.1 Å². The van der Waals surface area contributed by atoms with E-state index in [1.54, 1.807) is 30.3 Å². The Morgan fingerprint density at radius 2 is 1.53 bits per heavy atom. The van der Waals surface area contributed by atoms with Crippen LogP contribution in [0.5, 0.6) is 11.5 Å². The van der Waals surface area contributed by atoms with Crippen LogP contribution in [0.3, 0.4) is 0 Å². The first kappa shape index (κ1) is 22.9. The fourth-order valence-corrected chi connectivity index (χ4v) is 4.10. The lowest BCUT2D eigenvalue weighted by Gasteiger charge is -2.26. The summed E-state index contributed by atoms with van der Waals surface area (Å²) >= 11 is 0. The van der Waals surface area contributed by atoms with Crippen molar-refractivity contribution < 1.29 is 24.2 Å². The lowest BCUT2D eigenvalue weighted by molar-refractivity contribution is -0.132. The average molecular weight is 459 g/mol. The molecule has 1 saturated heterocycles. The van der Waals surface area contributed by atoms with Crippen LogP contribution in [0.2, 0.25) is 0 Å². The minimum atomic E-state index is -0.792. The van der Waals surface area contributed by atoms with Crippen molar-refractivity contribution in [3.05, 3.63) is 89.5 Å². The van der Waals surface area contributed by atoms with Crippen LogP contribution >= 0.6 is 0 Å². The summed E-state index contributed by atoms with van der Waals surface area (Å²) in [6.45, 7) is 0.